The van der Waals surface area contributed by atoms with E-state index in [-0.39, 0.29) is 6.10 Å². The standard InChI is InChI=1S/C10H21NO2/c1-7(2)10(12)6-11-8-4-9(5-8)13-3/h7-12H,4-6H2,1-3H3. The van der Waals surface area contributed by atoms with E-state index in [1.807, 2.05) is 13.8 Å². The van der Waals surface area contributed by atoms with Crippen LogP contribution in [0.25, 0.3) is 0 Å². The highest BCUT2D eigenvalue weighted by molar-refractivity contribution is 4.86. The van der Waals surface area contributed by atoms with Crippen molar-refractivity contribution in [3.8, 4) is 0 Å². The van der Waals surface area contributed by atoms with E-state index in [0.29, 0.717) is 24.6 Å². The van der Waals surface area contributed by atoms with Crippen LogP contribution in [0.15, 0.2) is 0 Å². The molecule has 0 aliphatic heterocycles. The fourth-order valence-electron chi connectivity index (χ4n) is 1.45. The predicted octanol–water partition coefficient (Wildman–Crippen LogP) is 0.770. The van der Waals surface area contributed by atoms with Gasteiger partial charge in [-0.25, -0.2) is 0 Å². The average Bonchev–Trinajstić information content (AvgIpc) is 2.01. The zero-order valence-corrected chi connectivity index (χ0v) is 8.79. The van der Waals surface area contributed by atoms with Gasteiger partial charge in [0.15, 0.2) is 0 Å². The van der Waals surface area contributed by atoms with Crippen molar-refractivity contribution in [3.05, 3.63) is 0 Å². The summed E-state index contributed by atoms with van der Waals surface area (Å²) in [4.78, 5) is 0. The number of rotatable bonds is 5. The molecule has 2 N–H and O–H groups in total. The number of aliphatic hydroxyl groups excluding tert-OH is 1. The SMILES string of the molecule is COC1CC(NCC(O)C(C)C)C1. The molecule has 0 spiro atoms. The van der Waals surface area contributed by atoms with Gasteiger partial charge in [0, 0.05) is 19.7 Å². The first-order valence-corrected chi connectivity index (χ1v) is 5.07. The Balaban J connectivity index is 2.02. The highest BCUT2D eigenvalue weighted by Crippen LogP contribution is 2.22. The molecule has 1 unspecified atom stereocenters. The van der Waals surface area contributed by atoms with Crippen LogP contribution < -0.4 is 5.32 Å². The Bertz CT molecular complexity index is 144. The highest BCUT2D eigenvalue weighted by atomic mass is 16.5. The summed E-state index contributed by atoms with van der Waals surface area (Å²) in [5.74, 6) is 0.339. The molecule has 1 atom stereocenters. The molecule has 1 rings (SSSR count). The lowest BCUT2D eigenvalue weighted by Crippen LogP contribution is -2.47. The Kier molecular flexibility index (Phi) is 4.16. The van der Waals surface area contributed by atoms with Crippen LogP contribution >= 0.6 is 0 Å². The summed E-state index contributed by atoms with van der Waals surface area (Å²) in [7, 11) is 1.75. The molecule has 0 bridgehead atoms. The maximum absolute atomic E-state index is 9.52. The van der Waals surface area contributed by atoms with E-state index >= 15 is 0 Å². The highest BCUT2D eigenvalue weighted by Gasteiger charge is 2.28. The molecular weight excluding hydrogens is 166 g/mol. The second-order valence-electron chi connectivity index (χ2n) is 4.25. The number of aliphatic hydroxyl groups is 1. The number of methoxy groups -OCH3 is 1. The maximum atomic E-state index is 9.52. The van der Waals surface area contributed by atoms with E-state index in [1.54, 1.807) is 7.11 Å². The lowest BCUT2D eigenvalue weighted by atomic mass is 9.89. The molecule has 0 aromatic heterocycles. The summed E-state index contributed by atoms with van der Waals surface area (Å²) in [5, 5.41) is 12.9. The molecule has 0 aromatic rings. The number of ether oxygens (including phenoxy) is 1. The summed E-state index contributed by atoms with van der Waals surface area (Å²) in [6.07, 6.45) is 2.39. The van der Waals surface area contributed by atoms with Crippen LogP contribution in [0, 0.1) is 5.92 Å². The van der Waals surface area contributed by atoms with E-state index in [1.165, 1.54) is 0 Å². The Hall–Kier alpha value is -0.120. The molecule has 1 fully saturated rings. The number of hydrogen-bond acceptors (Lipinski definition) is 3. The average molecular weight is 187 g/mol. The molecule has 1 saturated carbocycles. The quantitative estimate of drug-likeness (QED) is 0.668. The van der Waals surface area contributed by atoms with Crippen molar-refractivity contribution in [3.63, 3.8) is 0 Å². The van der Waals surface area contributed by atoms with Gasteiger partial charge in [-0.2, -0.15) is 0 Å². The molecule has 13 heavy (non-hydrogen) atoms. The van der Waals surface area contributed by atoms with Crippen LogP contribution in [-0.4, -0.2) is 37.0 Å². The van der Waals surface area contributed by atoms with Gasteiger partial charge < -0.3 is 15.2 Å². The van der Waals surface area contributed by atoms with Gasteiger partial charge in [-0.1, -0.05) is 13.8 Å². The van der Waals surface area contributed by atoms with Crippen LogP contribution in [0.2, 0.25) is 0 Å². The monoisotopic (exact) mass is 187 g/mol. The van der Waals surface area contributed by atoms with Crippen LogP contribution in [0.3, 0.4) is 0 Å². The van der Waals surface area contributed by atoms with Crippen LogP contribution in [0.5, 0.6) is 0 Å². The first kappa shape index (κ1) is 11.0. The zero-order valence-electron chi connectivity index (χ0n) is 8.79. The molecule has 3 heteroatoms. The first-order valence-electron chi connectivity index (χ1n) is 5.07. The largest absolute Gasteiger partial charge is 0.392 e. The van der Waals surface area contributed by atoms with E-state index in [4.69, 9.17) is 4.74 Å². The van der Waals surface area contributed by atoms with Gasteiger partial charge in [0.2, 0.25) is 0 Å². The molecule has 0 amide bonds. The first-order chi connectivity index (χ1) is 6.13. The third kappa shape index (κ3) is 3.25. The Morgan fingerprint density at radius 1 is 1.46 bits per heavy atom. The zero-order chi connectivity index (χ0) is 9.84. The molecule has 0 saturated heterocycles. The molecule has 0 radical (unpaired) electrons. The maximum Gasteiger partial charge on any atom is 0.0687 e. The fraction of sp³-hybridized carbons (Fsp3) is 1.00. The van der Waals surface area contributed by atoms with Crippen molar-refractivity contribution in [2.24, 2.45) is 5.92 Å². The lowest BCUT2D eigenvalue weighted by Gasteiger charge is -2.35. The minimum atomic E-state index is -0.221. The minimum Gasteiger partial charge on any atom is -0.392 e. The number of nitrogens with one attached hydrogen (secondary N) is 1. The van der Waals surface area contributed by atoms with Gasteiger partial charge in [0.05, 0.1) is 12.2 Å². The predicted molar refractivity (Wildman–Crippen MR) is 52.7 cm³/mol. The number of hydrogen-bond donors (Lipinski definition) is 2. The smallest absolute Gasteiger partial charge is 0.0687 e. The Morgan fingerprint density at radius 2 is 2.08 bits per heavy atom. The van der Waals surface area contributed by atoms with Crippen molar-refractivity contribution >= 4 is 0 Å². The van der Waals surface area contributed by atoms with Crippen molar-refractivity contribution in [2.75, 3.05) is 13.7 Å². The van der Waals surface area contributed by atoms with Crippen molar-refractivity contribution < 1.29 is 9.84 Å². The molecule has 1 aliphatic carbocycles. The van der Waals surface area contributed by atoms with Gasteiger partial charge in [-0.15, -0.1) is 0 Å². The van der Waals surface area contributed by atoms with E-state index < -0.39 is 0 Å². The third-order valence-corrected chi connectivity index (χ3v) is 2.81. The Labute approximate surface area is 80.5 Å². The summed E-state index contributed by atoms with van der Waals surface area (Å²) < 4.78 is 5.17. The van der Waals surface area contributed by atoms with E-state index in [2.05, 4.69) is 5.32 Å². The summed E-state index contributed by atoms with van der Waals surface area (Å²) >= 11 is 0. The van der Waals surface area contributed by atoms with Crippen LogP contribution in [0.4, 0.5) is 0 Å². The topological polar surface area (TPSA) is 41.5 Å². The molecule has 0 aromatic carbocycles. The second kappa shape index (κ2) is 4.94. The van der Waals surface area contributed by atoms with Gasteiger partial charge in [0.25, 0.3) is 0 Å². The second-order valence-corrected chi connectivity index (χ2v) is 4.25. The van der Waals surface area contributed by atoms with Crippen LogP contribution in [0.1, 0.15) is 26.7 Å². The summed E-state index contributed by atoms with van der Waals surface area (Å²) in [6, 6.07) is 0.554. The molecule has 1 aliphatic rings. The van der Waals surface area contributed by atoms with E-state index in [9.17, 15) is 5.11 Å². The van der Waals surface area contributed by atoms with E-state index in [0.717, 1.165) is 12.8 Å². The van der Waals surface area contributed by atoms with Gasteiger partial charge in [-0.3, -0.25) is 0 Å². The third-order valence-electron chi connectivity index (χ3n) is 2.81. The van der Waals surface area contributed by atoms with Crippen molar-refractivity contribution in [2.45, 2.75) is 44.9 Å². The summed E-state index contributed by atoms with van der Waals surface area (Å²) in [6.45, 7) is 4.77. The van der Waals surface area contributed by atoms with Gasteiger partial charge >= 0.3 is 0 Å². The lowest BCUT2D eigenvalue weighted by molar-refractivity contribution is 0.0118. The van der Waals surface area contributed by atoms with Crippen LogP contribution in [-0.2, 0) is 4.74 Å². The fourth-order valence-corrected chi connectivity index (χ4v) is 1.45. The van der Waals surface area contributed by atoms with Gasteiger partial charge in [0.1, 0.15) is 0 Å². The normalized spacial score (nSPS) is 30.2. The Morgan fingerprint density at radius 3 is 2.54 bits per heavy atom. The summed E-state index contributed by atoms with van der Waals surface area (Å²) in [5.41, 5.74) is 0. The van der Waals surface area contributed by atoms with Gasteiger partial charge in [-0.05, 0) is 18.8 Å². The molecule has 3 nitrogen and oxygen atoms in total. The molecule has 0 heterocycles. The van der Waals surface area contributed by atoms with Crippen molar-refractivity contribution in [1.29, 1.82) is 0 Å². The molecular formula is C10H21NO2. The minimum absolute atomic E-state index is 0.221. The van der Waals surface area contributed by atoms with Crippen molar-refractivity contribution in [1.82, 2.24) is 5.32 Å². The molecule has 78 valence electrons.